The van der Waals surface area contributed by atoms with Crippen LogP contribution in [0.5, 0.6) is 0 Å². The molecule has 0 fully saturated rings. The van der Waals surface area contributed by atoms with Gasteiger partial charge in [-0.2, -0.15) is 0 Å². The van der Waals surface area contributed by atoms with Crippen LogP contribution in [0.25, 0.3) is 0 Å². The van der Waals surface area contributed by atoms with Crippen LogP contribution in [0.15, 0.2) is 24.3 Å². The summed E-state index contributed by atoms with van der Waals surface area (Å²) in [4.78, 5) is 12.4. The zero-order chi connectivity index (χ0) is 40.7. The molecule has 0 aliphatic rings. The van der Waals surface area contributed by atoms with Gasteiger partial charge in [0.1, 0.15) is 0 Å². The summed E-state index contributed by atoms with van der Waals surface area (Å²) >= 11 is 0. The Morgan fingerprint density at radius 1 is 0.411 bits per heavy atom. The van der Waals surface area contributed by atoms with Crippen LogP contribution in [0.2, 0.25) is 0 Å². The maximum atomic E-state index is 12.4. The number of nitrogens with one attached hydrogen (secondary N) is 1. The van der Waals surface area contributed by atoms with E-state index in [4.69, 9.17) is 0 Å². The molecule has 0 radical (unpaired) electrons. The van der Waals surface area contributed by atoms with Crippen molar-refractivity contribution in [2.75, 3.05) is 6.61 Å². The number of carbonyl (C=O) groups is 1. The van der Waals surface area contributed by atoms with Crippen LogP contribution in [-0.2, 0) is 4.79 Å². The van der Waals surface area contributed by atoms with Gasteiger partial charge in [-0.1, -0.05) is 256 Å². The Morgan fingerprint density at radius 3 is 0.982 bits per heavy atom. The Labute approximate surface area is 351 Å². The highest BCUT2D eigenvalue weighted by atomic mass is 16.3. The molecule has 2 atom stereocenters. The lowest BCUT2D eigenvalue weighted by Gasteiger charge is -2.20. The van der Waals surface area contributed by atoms with Gasteiger partial charge in [0.15, 0.2) is 0 Å². The number of hydrogen-bond donors (Lipinski definition) is 3. The molecule has 4 heteroatoms. The lowest BCUT2D eigenvalue weighted by atomic mass is 10.0. The van der Waals surface area contributed by atoms with Gasteiger partial charge in [-0.15, -0.1) is 0 Å². The second-order valence-corrected chi connectivity index (χ2v) is 17.6. The van der Waals surface area contributed by atoms with Gasteiger partial charge in [0, 0.05) is 6.42 Å². The SMILES string of the molecule is CCCCCCCCCCCCCC/C=C\CCCCCCCCCC(=O)NC(CO)C(O)/C=C/CCCCCCCCCCCCCCCCCCCCC. The quantitative estimate of drug-likeness (QED) is 0.0425. The van der Waals surface area contributed by atoms with Gasteiger partial charge in [0.05, 0.1) is 18.8 Å². The van der Waals surface area contributed by atoms with E-state index in [2.05, 4.69) is 31.3 Å². The molecule has 0 heterocycles. The number of aliphatic hydroxyl groups excluding tert-OH is 2. The molecule has 0 aliphatic carbocycles. The van der Waals surface area contributed by atoms with Crippen molar-refractivity contribution < 1.29 is 15.0 Å². The number of rotatable bonds is 47. The first-order chi connectivity index (χ1) is 27.7. The summed E-state index contributed by atoms with van der Waals surface area (Å²) in [7, 11) is 0. The van der Waals surface area contributed by atoms with Crippen molar-refractivity contribution in [1.82, 2.24) is 5.32 Å². The topological polar surface area (TPSA) is 69.6 Å². The molecule has 0 spiro atoms. The van der Waals surface area contributed by atoms with Crippen LogP contribution in [0.4, 0.5) is 0 Å². The van der Waals surface area contributed by atoms with E-state index in [-0.39, 0.29) is 12.5 Å². The number of amides is 1. The molecule has 1 amide bonds. The maximum Gasteiger partial charge on any atom is 0.220 e. The lowest BCUT2D eigenvalue weighted by Crippen LogP contribution is -2.45. The van der Waals surface area contributed by atoms with E-state index >= 15 is 0 Å². The fourth-order valence-electron chi connectivity index (χ4n) is 8.00. The second-order valence-electron chi connectivity index (χ2n) is 17.6. The monoisotopic (exact) mass is 788 g/mol. The van der Waals surface area contributed by atoms with E-state index in [9.17, 15) is 15.0 Å². The molecule has 0 aromatic rings. The lowest BCUT2D eigenvalue weighted by molar-refractivity contribution is -0.123. The molecule has 0 bridgehead atoms. The van der Waals surface area contributed by atoms with Crippen molar-refractivity contribution in [2.45, 2.75) is 296 Å². The summed E-state index contributed by atoms with van der Waals surface area (Å²) in [5, 5.41) is 23.1. The Kier molecular flexibility index (Phi) is 47.3. The first-order valence-corrected chi connectivity index (χ1v) is 25.6. The Bertz CT molecular complexity index is 810. The third kappa shape index (κ3) is 44.0. The predicted molar refractivity (Wildman–Crippen MR) is 249 cm³/mol. The zero-order valence-electron chi connectivity index (χ0n) is 38.2. The molecule has 2 unspecified atom stereocenters. The summed E-state index contributed by atoms with van der Waals surface area (Å²) in [5.74, 6) is -0.0643. The minimum atomic E-state index is -0.839. The van der Waals surface area contributed by atoms with E-state index in [1.165, 1.54) is 238 Å². The van der Waals surface area contributed by atoms with E-state index in [0.717, 1.165) is 25.7 Å². The van der Waals surface area contributed by atoms with Crippen molar-refractivity contribution >= 4 is 5.91 Å². The smallest absolute Gasteiger partial charge is 0.220 e. The minimum absolute atomic E-state index is 0.0643. The molecule has 0 aromatic carbocycles. The summed E-state index contributed by atoms with van der Waals surface area (Å²) in [6, 6.07) is -0.623. The van der Waals surface area contributed by atoms with E-state index < -0.39 is 12.1 Å². The average molecular weight is 788 g/mol. The average Bonchev–Trinajstić information content (AvgIpc) is 3.20. The van der Waals surface area contributed by atoms with Crippen molar-refractivity contribution in [1.29, 1.82) is 0 Å². The van der Waals surface area contributed by atoms with Crippen LogP contribution < -0.4 is 5.32 Å². The summed E-state index contributed by atoms with van der Waals surface area (Å²) < 4.78 is 0. The molecular weight excluding hydrogens is 687 g/mol. The Hall–Kier alpha value is -1.13. The third-order valence-electron chi connectivity index (χ3n) is 11.9. The van der Waals surface area contributed by atoms with E-state index in [0.29, 0.717) is 6.42 Å². The highest BCUT2D eigenvalue weighted by Crippen LogP contribution is 2.16. The van der Waals surface area contributed by atoms with E-state index in [1.807, 2.05) is 6.08 Å². The van der Waals surface area contributed by atoms with Crippen molar-refractivity contribution in [3.05, 3.63) is 24.3 Å². The molecule has 3 N–H and O–H groups in total. The minimum Gasteiger partial charge on any atom is -0.394 e. The second kappa shape index (κ2) is 48.2. The predicted octanol–water partition coefficient (Wildman–Crippen LogP) is 16.4. The number of unbranched alkanes of at least 4 members (excludes halogenated alkanes) is 38. The van der Waals surface area contributed by atoms with Gasteiger partial charge >= 0.3 is 0 Å². The first-order valence-electron chi connectivity index (χ1n) is 25.6. The fourth-order valence-corrected chi connectivity index (χ4v) is 8.00. The van der Waals surface area contributed by atoms with Crippen LogP contribution >= 0.6 is 0 Å². The van der Waals surface area contributed by atoms with Gasteiger partial charge < -0.3 is 15.5 Å². The number of aliphatic hydroxyl groups is 2. The van der Waals surface area contributed by atoms with Crippen molar-refractivity contribution in [3.63, 3.8) is 0 Å². The van der Waals surface area contributed by atoms with Crippen LogP contribution in [-0.4, -0.2) is 34.9 Å². The molecular formula is C52H101NO3. The summed E-state index contributed by atoms with van der Waals surface area (Å²) in [5.41, 5.74) is 0. The molecule has 332 valence electrons. The number of allylic oxidation sites excluding steroid dienone is 3. The summed E-state index contributed by atoms with van der Waals surface area (Å²) in [6.45, 7) is 4.34. The highest BCUT2D eigenvalue weighted by Gasteiger charge is 2.18. The normalized spacial score (nSPS) is 13.0. The van der Waals surface area contributed by atoms with E-state index in [1.54, 1.807) is 6.08 Å². The molecule has 0 aromatic heterocycles. The van der Waals surface area contributed by atoms with Crippen molar-refractivity contribution in [3.8, 4) is 0 Å². The molecule has 4 nitrogen and oxygen atoms in total. The third-order valence-corrected chi connectivity index (χ3v) is 11.9. The van der Waals surface area contributed by atoms with Gasteiger partial charge in [0.25, 0.3) is 0 Å². The van der Waals surface area contributed by atoms with Gasteiger partial charge in [-0.3, -0.25) is 4.79 Å². The number of carbonyl (C=O) groups excluding carboxylic acids is 1. The molecule has 0 saturated carbocycles. The van der Waals surface area contributed by atoms with Crippen LogP contribution in [0.1, 0.15) is 284 Å². The van der Waals surface area contributed by atoms with Crippen LogP contribution in [0.3, 0.4) is 0 Å². The van der Waals surface area contributed by atoms with Gasteiger partial charge in [0.2, 0.25) is 5.91 Å². The maximum absolute atomic E-state index is 12.4. The molecule has 0 rings (SSSR count). The Balaban J connectivity index is 3.51. The number of hydrogen-bond acceptors (Lipinski definition) is 3. The van der Waals surface area contributed by atoms with Gasteiger partial charge in [-0.25, -0.2) is 0 Å². The largest absolute Gasteiger partial charge is 0.394 e. The Morgan fingerprint density at radius 2 is 0.679 bits per heavy atom. The van der Waals surface area contributed by atoms with Crippen LogP contribution in [0, 0.1) is 0 Å². The summed E-state index contributed by atoms with van der Waals surface area (Å²) in [6.07, 6.45) is 63.1. The fraction of sp³-hybridized carbons (Fsp3) is 0.904. The van der Waals surface area contributed by atoms with Crippen molar-refractivity contribution in [2.24, 2.45) is 0 Å². The first kappa shape index (κ1) is 54.9. The zero-order valence-corrected chi connectivity index (χ0v) is 38.2. The molecule has 56 heavy (non-hydrogen) atoms. The highest BCUT2D eigenvalue weighted by molar-refractivity contribution is 5.76. The molecule has 0 saturated heterocycles. The standard InChI is InChI=1S/C52H101NO3/c1-3-5-7-9-11-13-15-17-19-21-23-25-26-28-30-32-34-36-38-40-42-44-46-48-52(56)53-50(49-54)51(55)47-45-43-41-39-37-35-33-31-29-27-24-22-20-18-16-14-12-10-8-6-4-2/h28,30,45,47,50-51,54-55H,3-27,29,31-44,46,48-49H2,1-2H3,(H,53,56)/b30-28-,47-45+. The molecule has 0 aliphatic heterocycles. The van der Waals surface area contributed by atoms with Gasteiger partial charge in [-0.05, 0) is 44.9 Å².